The van der Waals surface area contributed by atoms with Gasteiger partial charge in [0, 0.05) is 23.5 Å². The molecule has 1 unspecified atom stereocenters. The van der Waals surface area contributed by atoms with Crippen LogP contribution in [-0.4, -0.2) is 23.8 Å². The molecule has 0 spiro atoms. The van der Waals surface area contributed by atoms with Crippen LogP contribution < -0.4 is 5.73 Å². The highest BCUT2D eigenvalue weighted by atomic mass is 79.9. The van der Waals surface area contributed by atoms with Crippen LogP contribution in [0.2, 0.25) is 0 Å². The van der Waals surface area contributed by atoms with E-state index >= 15 is 0 Å². The van der Waals surface area contributed by atoms with Crippen molar-refractivity contribution in [3.63, 3.8) is 0 Å². The topological polar surface area (TPSA) is 53.1 Å². The van der Waals surface area contributed by atoms with Crippen molar-refractivity contribution < 1.29 is 0 Å². The van der Waals surface area contributed by atoms with Crippen molar-refractivity contribution >= 4 is 21.8 Å². The molecule has 4 heteroatoms. The van der Waals surface area contributed by atoms with Crippen LogP contribution in [0.25, 0.3) is 0 Å². The zero-order valence-electron chi connectivity index (χ0n) is 9.70. The smallest absolute Gasteiger partial charge is 0.0920 e. The summed E-state index contributed by atoms with van der Waals surface area (Å²) in [7, 11) is 2.05. The zero-order chi connectivity index (χ0) is 12.1. The van der Waals surface area contributed by atoms with Crippen LogP contribution >= 0.6 is 15.9 Å². The molecule has 0 fully saturated rings. The standard InChI is InChI=1S/C12H18BrN3/c1-9(7-12(14)15)16(2)8-10-3-5-11(13)6-4-10/h3-6,9H,7-8H2,1-2H3,(H3,14,15). The summed E-state index contributed by atoms with van der Waals surface area (Å²) in [5.74, 6) is 0.246. The molecule has 0 bridgehead atoms. The minimum Gasteiger partial charge on any atom is -0.388 e. The predicted octanol–water partition coefficient (Wildman–Crippen LogP) is 2.60. The van der Waals surface area contributed by atoms with Crippen molar-refractivity contribution in [2.24, 2.45) is 5.73 Å². The quantitative estimate of drug-likeness (QED) is 0.645. The number of nitrogens with one attached hydrogen (secondary N) is 1. The van der Waals surface area contributed by atoms with E-state index in [-0.39, 0.29) is 5.84 Å². The Hall–Kier alpha value is -0.870. The van der Waals surface area contributed by atoms with Gasteiger partial charge in [-0.3, -0.25) is 10.3 Å². The number of nitrogens with zero attached hydrogens (tertiary/aromatic N) is 1. The Labute approximate surface area is 105 Å². The molecule has 0 aliphatic carbocycles. The molecule has 0 saturated carbocycles. The molecule has 0 radical (unpaired) electrons. The molecule has 0 heterocycles. The van der Waals surface area contributed by atoms with E-state index in [2.05, 4.69) is 46.9 Å². The second-order valence-electron chi connectivity index (χ2n) is 4.12. The predicted molar refractivity (Wildman–Crippen MR) is 71.6 cm³/mol. The highest BCUT2D eigenvalue weighted by molar-refractivity contribution is 9.10. The van der Waals surface area contributed by atoms with Crippen molar-refractivity contribution in [2.45, 2.75) is 25.9 Å². The monoisotopic (exact) mass is 283 g/mol. The maximum Gasteiger partial charge on any atom is 0.0920 e. The van der Waals surface area contributed by atoms with Crippen molar-refractivity contribution in [3.05, 3.63) is 34.3 Å². The Morgan fingerprint density at radius 2 is 2.00 bits per heavy atom. The third-order valence-electron chi connectivity index (χ3n) is 2.61. The van der Waals surface area contributed by atoms with Crippen LogP contribution in [0.5, 0.6) is 0 Å². The number of hydrogen-bond donors (Lipinski definition) is 2. The lowest BCUT2D eigenvalue weighted by molar-refractivity contribution is 0.254. The molecule has 0 aromatic heterocycles. The summed E-state index contributed by atoms with van der Waals surface area (Å²) in [6.45, 7) is 2.96. The van der Waals surface area contributed by atoms with Gasteiger partial charge in [0.1, 0.15) is 0 Å². The Balaban J connectivity index is 2.53. The highest BCUT2D eigenvalue weighted by Gasteiger charge is 2.10. The number of amidine groups is 1. The molecule has 0 aliphatic rings. The van der Waals surface area contributed by atoms with Crippen LogP contribution in [0.3, 0.4) is 0 Å². The van der Waals surface area contributed by atoms with Gasteiger partial charge in [-0.1, -0.05) is 28.1 Å². The minimum absolute atomic E-state index is 0.246. The number of nitrogens with two attached hydrogens (primary N) is 1. The summed E-state index contributed by atoms with van der Waals surface area (Å²) < 4.78 is 1.09. The van der Waals surface area contributed by atoms with Gasteiger partial charge in [0.25, 0.3) is 0 Å². The average Bonchev–Trinajstić information content (AvgIpc) is 2.20. The first-order valence-corrected chi connectivity index (χ1v) is 6.06. The largest absolute Gasteiger partial charge is 0.388 e. The van der Waals surface area contributed by atoms with Crippen LogP contribution in [0.4, 0.5) is 0 Å². The Bertz CT molecular complexity index is 348. The fourth-order valence-electron chi connectivity index (χ4n) is 1.51. The zero-order valence-corrected chi connectivity index (χ0v) is 11.3. The van der Waals surface area contributed by atoms with E-state index in [0.29, 0.717) is 12.5 Å². The lowest BCUT2D eigenvalue weighted by atomic mass is 10.1. The van der Waals surface area contributed by atoms with Crippen LogP contribution in [-0.2, 0) is 6.54 Å². The molecule has 16 heavy (non-hydrogen) atoms. The Morgan fingerprint density at radius 3 is 2.50 bits per heavy atom. The van der Waals surface area contributed by atoms with Gasteiger partial charge >= 0.3 is 0 Å². The molecule has 1 aromatic carbocycles. The molecular weight excluding hydrogens is 266 g/mol. The average molecular weight is 284 g/mol. The van der Waals surface area contributed by atoms with E-state index in [1.807, 2.05) is 12.1 Å². The first-order chi connectivity index (χ1) is 7.49. The van der Waals surface area contributed by atoms with Crippen LogP contribution in [0.15, 0.2) is 28.7 Å². The molecule has 0 amide bonds. The van der Waals surface area contributed by atoms with Gasteiger partial charge in [-0.2, -0.15) is 0 Å². The minimum atomic E-state index is 0.246. The van der Waals surface area contributed by atoms with Gasteiger partial charge in [-0.25, -0.2) is 0 Å². The number of halogens is 1. The van der Waals surface area contributed by atoms with Gasteiger partial charge in [-0.15, -0.1) is 0 Å². The van der Waals surface area contributed by atoms with Crippen LogP contribution in [0, 0.1) is 5.41 Å². The number of benzene rings is 1. The number of rotatable bonds is 5. The fraction of sp³-hybridized carbons (Fsp3) is 0.417. The maximum atomic E-state index is 7.27. The summed E-state index contributed by atoms with van der Waals surface area (Å²) in [6, 6.07) is 8.57. The maximum absolute atomic E-state index is 7.27. The van der Waals surface area contributed by atoms with Gasteiger partial charge in [0.05, 0.1) is 5.84 Å². The second kappa shape index (κ2) is 6.01. The summed E-state index contributed by atoms with van der Waals surface area (Å²) in [4.78, 5) is 2.20. The van der Waals surface area contributed by atoms with E-state index in [9.17, 15) is 0 Å². The number of hydrogen-bond acceptors (Lipinski definition) is 2. The van der Waals surface area contributed by atoms with Crippen molar-refractivity contribution in [1.82, 2.24) is 4.90 Å². The SMILES string of the molecule is CC(CC(=N)N)N(C)Cc1ccc(Br)cc1. The van der Waals surface area contributed by atoms with Gasteiger partial charge < -0.3 is 5.73 Å². The van der Waals surface area contributed by atoms with Crippen molar-refractivity contribution in [1.29, 1.82) is 5.41 Å². The molecule has 1 rings (SSSR count). The van der Waals surface area contributed by atoms with Gasteiger partial charge in [0.2, 0.25) is 0 Å². The van der Waals surface area contributed by atoms with E-state index in [1.165, 1.54) is 5.56 Å². The van der Waals surface area contributed by atoms with Gasteiger partial charge in [0.15, 0.2) is 0 Å². The lowest BCUT2D eigenvalue weighted by Gasteiger charge is -2.24. The van der Waals surface area contributed by atoms with E-state index < -0.39 is 0 Å². The van der Waals surface area contributed by atoms with Crippen LogP contribution in [0.1, 0.15) is 18.9 Å². The molecule has 0 aliphatic heterocycles. The lowest BCUT2D eigenvalue weighted by Crippen LogP contribution is -2.32. The summed E-state index contributed by atoms with van der Waals surface area (Å²) in [5, 5.41) is 7.27. The fourth-order valence-corrected chi connectivity index (χ4v) is 1.77. The normalized spacial score (nSPS) is 12.8. The summed E-state index contributed by atoms with van der Waals surface area (Å²) in [5.41, 5.74) is 6.66. The molecule has 88 valence electrons. The third-order valence-corrected chi connectivity index (χ3v) is 3.14. The molecule has 1 atom stereocenters. The first-order valence-electron chi connectivity index (χ1n) is 5.26. The molecule has 3 N–H and O–H groups in total. The molecule has 3 nitrogen and oxygen atoms in total. The molecule has 0 saturated heterocycles. The van der Waals surface area contributed by atoms with Crippen molar-refractivity contribution in [3.8, 4) is 0 Å². The van der Waals surface area contributed by atoms with Gasteiger partial charge in [-0.05, 0) is 31.7 Å². The molecule has 1 aromatic rings. The Morgan fingerprint density at radius 1 is 1.44 bits per heavy atom. The van der Waals surface area contributed by atoms with E-state index in [4.69, 9.17) is 11.1 Å². The summed E-state index contributed by atoms with van der Waals surface area (Å²) >= 11 is 3.42. The second-order valence-corrected chi connectivity index (χ2v) is 5.04. The van der Waals surface area contributed by atoms with E-state index in [0.717, 1.165) is 11.0 Å². The highest BCUT2D eigenvalue weighted by Crippen LogP contribution is 2.13. The van der Waals surface area contributed by atoms with Crippen molar-refractivity contribution in [2.75, 3.05) is 7.05 Å². The molecular formula is C12H18BrN3. The Kier molecular flexibility index (Phi) is 4.96. The third kappa shape index (κ3) is 4.33. The first kappa shape index (κ1) is 13.2. The summed E-state index contributed by atoms with van der Waals surface area (Å²) in [6.07, 6.45) is 0.618. The van der Waals surface area contributed by atoms with E-state index in [1.54, 1.807) is 0 Å².